The van der Waals surface area contributed by atoms with E-state index in [0.29, 0.717) is 5.02 Å². The number of hydrogen-bond acceptors (Lipinski definition) is 3. The van der Waals surface area contributed by atoms with Gasteiger partial charge in [0.15, 0.2) is 5.78 Å². The van der Waals surface area contributed by atoms with Gasteiger partial charge in [0.25, 0.3) is 0 Å². The lowest BCUT2D eigenvalue weighted by atomic mass is 10.1. The van der Waals surface area contributed by atoms with E-state index in [4.69, 9.17) is 17.3 Å². The van der Waals surface area contributed by atoms with E-state index in [1.807, 2.05) is 0 Å². The zero-order chi connectivity index (χ0) is 10.0. The van der Waals surface area contributed by atoms with E-state index in [2.05, 4.69) is 0 Å². The van der Waals surface area contributed by atoms with Crippen molar-refractivity contribution in [2.75, 3.05) is 0 Å². The summed E-state index contributed by atoms with van der Waals surface area (Å²) in [7, 11) is 0. The van der Waals surface area contributed by atoms with Crippen LogP contribution in [-0.2, 0) is 0 Å². The monoisotopic (exact) mass is 199 g/mol. The van der Waals surface area contributed by atoms with Crippen LogP contribution in [0.15, 0.2) is 18.2 Å². The topological polar surface area (TPSA) is 63.3 Å². The van der Waals surface area contributed by atoms with Crippen molar-refractivity contribution in [2.45, 2.75) is 13.0 Å². The minimum Gasteiger partial charge on any atom is -0.507 e. The van der Waals surface area contributed by atoms with Gasteiger partial charge in [-0.05, 0) is 25.1 Å². The highest BCUT2D eigenvalue weighted by molar-refractivity contribution is 6.31. The Balaban J connectivity index is 3.13. The van der Waals surface area contributed by atoms with Crippen molar-refractivity contribution in [1.29, 1.82) is 0 Å². The van der Waals surface area contributed by atoms with Crippen LogP contribution in [0.3, 0.4) is 0 Å². The Morgan fingerprint density at radius 3 is 2.77 bits per heavy atom. The van der Waals surface area contributed by atoms with Crippen LogP contribution in [0.25, 0.3) is 0 Å². The predicted molar refractivity (Wildman–Crippen MR) is 51.1 cm³/mol. The van der Waals surface area contributed by atoms with Gasteiger partial charge in [-0.25, -0.2) is 0 Å². The van der Waals surface area contributed by atoms with Gasteiger partial charge in [0.05, 0.1) is 11.6 Å². The molecule has 3 nitrogen and oxygen atoms in total. The molecular formula is C9H10ClNO2. The van der Waals surface area contributed by atoms with Crippen molar-refractivity contribution in [2.24, 2.45) is 5.73 Å². The molecule has 0 aromatic heterocycles. The first kappa shape index (κ1) is 10.0. The molecule has 4 heteroatoms. The molecule has 13 heavy (non-hydrogen) atoms. The predicted octanol–water partition coefficient (Wildman–Crippen LogP) is 1.58. The summed E-state index contributed by atoms with van der Waals surface area (Å²) in [6.07, 6.45) is 0. The average Bonchev–Trinajstić information content (AvgIpc) is 2.08. The molecule has 3 N–H and O–H groups in total. The fourth-order valence-electron chi connectivity index (χ4n) is 0.951. The summed E-state index contributed by atoms with van der Waals surface area (Å²) in [5, 5.41) is 9.72. The van der Waals surface area contributed by atoms with Gasteiger partial charge in [-0.2, -0.15) is 0 Å². The fourth-order valence-corrected chi connectivity index (χ4v) is 1.12. The molecule has 0 bridgehead atoms. The number of aromatic hydroxyl groups is 1. The number of halogens is 1. The smallest absolute Gasteiger partial charge is 0.182 e. The number of benzene rings is 1. The third-order valence-electron chi connectivity index (χ3n) is 1.64. The maximum absolute atomic E-state index is 11.4. The van der Waals surface area contributed by atoms with Crippen LogP contribution >= 0.6 is 11.6 Å². The molecule has 0 radical (unpaired) electrons. The first-order valence-corrected chi connectivity index (χ1v) is 4.18. The van der Waals surface area contributed by atoms with E-state index in [-0.39, 0.29) is 17.1 Å². The maximum atomic E-state index is 11.4. The van der Waals surface area contributed by atoms with Crippen molar-refractivity contribution in [3.05, 3.63) is 28.8 Å². The molecule has 70 valence electrons. The summed E-state index contributed by atoms with van der Waals surface area (Å²) >= 11 is 5.66. The van der Waals surface area contributed by atoms with Crippen molar-refractivity contribution < 1.29 is 9.90 Å². The molecular weight excluding hydrogens is 190 g/mol. The number of nitrogens with two attached hydrogens (primary N) is 1. The third kappa shape index (κ3) is 2.20. The number of hydrogen-bond donors (Lipinski definition) is 2. The van der Waals surface area contributed by atoms with Gasteiger partial charge in [0.2, 0.25) is 0 Å². The molecule has 0 saturated heterocycles. The van der Waals surface area contributed by atoms with Crippen LogP contribution in [0.5, 0.6) is 5.75 Å². The highest BCUT2D eigenvalue weighted by Crippen LogP contribution is 2.22. The van der Waals surface area contributed by atoms with Gasteiger partial charge in [0.1, 0.15) is 5.75 Å². The lowest BCUT2D eigenvalue weighted by Crippen LogP contribution is -2.26. The summed E-state index contributed by atoms with van der Waals surface area (Å²) in [6, 6.07) is 3.65. The standard InChI is InChI=1S/C9H10ClNO2/c1-5(11)9(13)7-4-6(10)2-3-8(7)12/h2-5,12H,11H2,1H3. The van der Waals surface area contributed by atoms with Gasteiger partial charge in [-0.1, -0.05) is 11.6 Å². The first-order chi connectivity index (χ1) is 6.02. The zero-order valence-electron chi connectivity index (χ0n) is 7.12. The van der Waals surface area contributed by atoms with Crippen LogP contribution < -0.4 is 5.73 Å². The minimum absolute atomic E-state index is 0.0910. The van der Waals surface area contributed by atoms with Crippen molar-refractivity contribution in [3.8, 4) is 5.75 Å². The molecule has 0 heterocycles. The molecule has 0 saturated carbocycles. The second kappa shape index (κ2) is 3.77. The van der Waals surface area contributed by atoms with E-state index in [9.17, 15) is 9.90 Å². The number of rotatable bonds is 2. The lowest BCUT2D eigenvalue weighted by molar-refractivity contribution is 0.0965. The van der Waals surface area contributed by atoms with Crippen molar-refractivity contribution in [1.82, 2.24) is 0 Å². The Labute approximate surface area is 81.1 Å². The Morgan fingerprint density at radius 1 is 1.62 bits per heavy atom. The summed E-state index contributed by atoms with van der Waals surface area (Å²) < 4.78 is 0. The van der Waals surface area contributed by atoms with E-state index < -0.39 is 6.04 Å². The van der Waals surface area contributed by atoms with Crippen molar-refractivity contribution >= 4 is 17.4 Å². The Morgan fingerprint density at radius 2 is 2.23 bits per heavy atom. The van der Waals surface area contributed by atoms with E-state index >= 15 is 0 Å². The molecule has 0 amide bonds. The minimum atomic E-state index is -0.635. The Bertz CT molecular complexity index is 336. The van der Waals surface area contributed by atoms with Crippen LogP contribution in [0.1, 0.15) is 17.3 Å². The highest BCUT2D eigenvalue weighted by atomic mass is 35.5. The van der Waals surface area contributed by atoms with E-state index in [0.717, 1.165) is 0 Å². The quantitative estimate of drug-likeness (QED) is 0.711. The average molecular weight is 200 g/mol. The molecule has 1 rings (SSSR count). The van der Waals surface area contributed by atoms with Crippen LogP contribution in [0.4, 0.5) is 0 Å². The van der Waals surface area contributed by atoms with Crippen LogP contribution in [0.2, 0.25) is 5.02 Å². The summed E-state index contributed by atoms with van der Waals surface area (Å²) in [5.41, 5.74) is 5.55. The molecule has 0 fully saturated rings. The second-order valence-electron chi connectivity index (χ2n) is 2.81. The highest BCUT2D eigenvalue weighted by Gasteiger charge is 2.15. The van der Waals surface area contributed by atoms with Gasteiger partial charge in [0, 0.05) is 5.02 Å². The molecule has 1 atom stereocenters. The van der Waals surface area contributed by atoms with Crippen LogP contribution in [-0.4, -0.2) is 16.9 Å². The number of ketones is 1. The fraction of sp³-hybridized carbons (Fsp3) is 0.222. The first-order valence-electron chi connectivity index (χ1n) is 3.80. The van der Waals surface area contributed by atoms with Gasteiger partial charge in [-0.15, -0.1) is 0 Å². The van der Waals surface area contributed by atoms with Crippen LogP contribution in [0, 0.1) is 0 Å². The lowest BCUT2D eigenvalue weighted by Gasteiger charge is -2.06. The third-order valence-corrected chi connectivity index (χ3v) is 1.87. The largest absolute Gasteiger partial charge is 0.507 e. The molecule has 0 aliphatic heterocycles. The Hall–Kier alpha value is -1.06. The number of Topliss-reactive ketones (excluding diaryl/α,β-unsaturated/α-hetero) is 1. The molecule has 0 aliphatic carbocycles. The molecule has 1 aromatic rings. The number of phenolic OH excluding ortho intramolecular Hbond substituents is 1. The Kier molecular flexibility index (Phi) is 2.90. The van der Waals surface area contributed by atoms with Gasteiger partial charge in [-0.3, -0.25) is 4.79 Å². The molecule has 0 aliphatic rings. The summed E-state index contributed by atoms with van der Waals surface area (Å²) in [6.45, 7) is 1.56. The zero-order valence-corrected chi connectivity index (χ0v) is 7.88. The maximum Gasteiger partial charge on any atom is 0.182 e. The number of carbonyl (C=O) groups is 1. The van der Waals surface area contributed by atoms with Gasteiger partial charge < -0.3 is 10.8 Å². The number of phenols is 1. The normalized spacial score (nSPS) is 12.5. The summed E-state index contributed by atoms with van der Waals surface area (Å²) in [5.74, 6) is -0.410. The second-order valence-corrected chi connectivity index (χ2v) is 3.25. The van der Waals surface area contributed by atoms with E-state index in [1.165, 1.54) is 18.2 Å². The summed E-state index contributed by atoms with van der Waals surface area (Å²) in [4.78, 5) is 11.4. The molecule has 0 spiro atoms. The molecule has 1 aromatic carbocycles. The number of carbonyl (C=O) groups excluding carboxylic acids is 1. The van der Waals surface area contributed by atoms with Crippen molar-refractivity contribution in [3.63, 3.8) is 0 Å². The molecule has 1 unspecified atom stereocenters. The SMILES string of the molecule is CC(N)C(=O)c1cc(Cl)ccc1O. The van der Waals surface area contributed by atoms with Gasteiger partial charge >= 0.3 is 0 Å². The van der Waals surface area contributed by atoms with E-state index in [1.54, 1.807) is 6.92 Å².